The van der Waals surface area contributed by atoms with Crippen LogP contribution in [0.1, 0.15) is 10.4 Å². The van der Waals surface area contributed by atoms with E-state index >= 15 is 0 Å². The molecule has 0 aromatic heterocycles. The van der Waals surface area contributed by atoms with Crippen LogP contribution in [0.5, 0.6) is 17.2 Å². The summed E-state index contributed by atoms with van der Waals surface area (Å²) in [6.07, 6.45) is 0. The van der Waals surface area contributed by atoms with Gasteiger partial charge in [0.05, 0.1) is 34.1 Å². The van der Waals surface area contributed by atoms with Gasteiger partial charge >= 0.3 is 5.97 Å². The number of rotatable bonds is 4. The lowest BCUT2D eigenvalue weighted by molar-refractivity contribution is 0.0598. The Morgan fingerprint density at radius 1 is 1.06 bits per heavy atom. The van der Waals surface area contributed by atoms with Crippen molar-refractivity contribution < 1.29 is 23.7 Å². The smallest absolute Gasteiger partial charge is 0.343 e. The van der Waals surface area contributed by atoms with Crippen molar-refractivity contribution in [2.45, 2.75) is 0 Å². The summed E-state index contributed by atoms with van der Waals surface area (Å²) in [5.41, 5.74) is 6.08. The van der Waals surface area contributed by atoms with E-state index in [1.54, 1.807) is 0 Å². The SMILES string of the molecule is COC(=O)c1c(OC)cc(OC)c(OC)c1N. The quantitative estimate of drug-likeness (QED) is 0.627. The molecule has 0 amide bonds. The van der Waals surface area contributed by atoms with Crippen LogP contribution in [-0.4, -0.2) is 34.4 Å². The third-order valence-electron chi connectivity index (χ3n) is 2.28. The van der Waals surface area contributed by atoms with Crippen LogP contribution in [0.15, 0.2) is 6.07 Å². The van der Waals surface area contributed by atoms with Gasteiger partial charge in [-0.1, -0.05) is 0 Å². The zero-order valence-electron chi connectivity index (χ0n) is 10.2. The summed E-state index contributed by atoms with van der Waals surface area (Å²) in [6.45, 7) is 0. The lowest BCUT2D eigenvalue weighted by atomic mass is 10.1. The molecule has 0 aliphatic carbocycles. The molecule has 0 aliphatic heterocycles. The summed E-state index contributed by atoms with van der Waals surface area (Å²) in [7, 11) is 5.58. The van der Waals surface area contributed by atoms with Crippen LogP contribution < -0.4 is 19.9 Å². The highest BCUT2D eigenvalue weighted by Crippen LogP contribution is 2.41. The number of methoxy groups -OCH3 is 4. The second kappa shape index (κ2) is 5.29. The molecule has 0 spiro atoms. The molecule has 94 valence electrons. The normalized spacial score (nSPS) is 9.65. The first kappa shape index (κ1) is 13.0. The van der Waals surface area contributed by atoms with E-state index in [9.17, 15) is 4.79 Å². The Kier molecular flexibility index (Phi) is 4.03. The highest BCUT2D eigenvalue weighted by atomic mass is 16.5. The van der Waals surface area contributed by atoms with Crippen LogP contribution in [-0.2, 0) is 4.74 Å². The number of carbonyl (C=O) groups is 1. The molecule has 0 heterocycles. The van der Waals surface area contributed by atoms with Crippen molar-refractivity contribution in [3.05, 3.63) is 11.6 Å². The molecule has 0 saturated carbocycles. The minimum absolute atomic E-state index is 0.118. The van der Waals surface area contributed by atoms with Gasteiger partial charge in [-0.3, -0.25) is 0 Å². The van der Waals surface area contributed by atoms with Crippen molar-refractivity contribution in [2.75, 3.05) is 34.2 Å². The minimum atomic E-state index is -0.597. The van der Waals surface area contributed by atoms with Gasteiger partial charge < -0.3 is 24.7 Å². The number of carbonyl (C=O) groups excluding carboxylic acids is 1. The van der Waals surface area contributed by atoms with Crippen LogP contribution in [0.3, 0.4) is 0 Å². The average Bonchev–Trinajstić information content (AvgIpc) is 2.36. The van der Waals surface area contributed by atoms with Gasteiger partial charge in [-0.05, 0) is 0 Å². The molecule has 0 bridgehead atoms. The summed E-state index contributed by atoms with van der Waals surface area (Å²) in [5, 5.41) is 0. The third kappa shape index (κ3) is 2.20. The van der Waals surface area contributed by atoms with E-state index in [0.717, 1.165) is 0 Å². The molecule has 1 rings (SSSR count). The second-order valence-electron chi connectivity index (χ2n) is 3.09. The van der Waals surface area contributed by atoms with E-state index < -0.39 is 5.97 Å². The van der Waals surface area contributed by atoms with E-state index in [4.69, 9.17) is 19.9 Å². The van der Waals surface area contributed by atoms with Gasteiger partial charge in [0.1, 0.15) is 11.3 Å². The molecule has 0 radical (unpaired) electrons. The third-order valence-corrected chi connectivity index (χ3v) is 2.28. The molecule has 1 aromatic carbocycles. The molecular formula is C11H15NO5. The molecule has 17 heavy (non-hydrogen) atoms. The van der Waals surface area contributed by atoms with Gasteiger partial charge in [0.2, 0.25) is 0 Å². The highest BCUT2D eigenvalue weighted by molar-refractivity contribution is 6.00. The predicted molar refractivity (Wildman–Crippen MR) is 61.8 cm³/mol. The predicted octanol–water partition coefficient (Wildman–Crippen LogP) is 1.08. The Labute approximate surface area is 99.2 Å². The van der Waals surface area contributed by atoms with Gasteiger partial charge in [0, 0.05) is 6.07 Å². The molecule has 2 N–H and O–H groups in total. The largest absolute Gasteiger partial charge is 0.496 e. The van der Waals surface area contributed by atoms with Crippen molar-refractivity contribution >= 4 is 11.7 Å². The van der Waals surface area contributed by atoms with Gasteiger partial charge in [-0.25, -0.2) is 4.79 Å². The summed E-state index contributed by atoms with van der Waals surface area (Å²) in [6, 6.07) is 1.52. The minimum Gasteiger partial charge on any atom is -0.496 e. The molecule has 0 aliphatic rings. The number of ether oxygens (including phenoxy) is 4. The van der Waals surface area contributed by atoms with Crippen molar-refractivity contribution in [3.63, 3.8) is 0 Å². The molecule has 0 fully saturated rings. The first-order valence-corrected chi connectivity index (χ1v) is 4.77. The maximum absolute atomic E-state index is 11.6. The monoisotopic (exact) mass is 241 g/mol. The number of anilines is 1. The van der Waals surface area contributed by atoms with Crippen molar-refractivity contribution in [1.29, 1.82) is 0 Å². The van der Waals surface area contributed by atoms with E-state index in [1.165, 1.54) is 34.5 Å². The van der Waals surface area contributed by atoms with E-state index in [2.05, 4.69) is 4.74 Å². The van der Waals surface area contributed by atoms with Crippen molar-refractivity contribution in [2.24, 2.45) is 0 Å². The Bertz CT molecular complexity index is 430. The Hall–Kier alpha value is -2.11. The molecular weight excluding hydrogens is 226 g/mol. The van der Waals surface area contributed by atoms with E-state index in [1.807, 2.05) is 0 Å². The van der Waals surface area contributed by atoms with Gasteiger partial charge in [-0.2, -0.15) is 0 Å². The van der Waals surface area contributed by atoms with Gasteiger partial charge in [-0.15, -0.1) is 0 Å². The lowest BCUT2D eigenvalue weighted by Gasteiger charge is -2.15. The van der Waals surface area contributed by atoms with Crippen LogP contribution in [0.2, 0.25) is 0 Å². The van der Waals surface area contributed by atoms with Gasteiger partial charge in [0.15, 0.2) is 11.5 Å². The van der Waals surface area contributed by atoms with Crippen LogP contribution in [0.4, 0.5) is 5.69 Å². The zero-order chi connectivity index (χ0) is 13.0. The number of nitrogen functional groups attached to an aromatic ring is 1. The zero-order valence-corrected chi connectivity index (χ0v) is 10.2. The summed E-state index contributed by atoms with van der Waals surface area (Å²) in [4.78, 5) is 11.6. The van der Waals surface area contributed by atoms with E-state index in [-0.39, 0.29) is 22.7 Å². The fourth-order valence-corrected chi connectivity index (χ4v) is 1.47. The number of esters is 1. The van der Waals surface area contributed by atoms with Crippen LogP contribution in [0.25, 0.3) is 0 Å². The number of hydrogen-bond donors (Lipinski definition) is 1. The van der Waals surface area contributed by atoms with E-state index in [0.29, 0.717) is 5.75 Å². The average molecular weight is 241 g/mol. The maximum atomic E-state index is 11.6. The van der Waals surface area contributed by atoms with Crippen molar-refractivity contribution in [1.82, 2.24) is 0 Å². The first-order chi connectivity index (χ1) is 8.10. The number of benzene rings is 1. The fraction of sp³-hybridized carbons (Fsp3) is 0.364. The topological polar surface area (TPSA) is 80.0 Å². The maximum Gasteiger partial charge on any atom is 0.343 e. The Balaban J connectivity index is 3.52. The number of nitrogens with two attached hydrogens (primary N) is 1. The molecule has 0 atom stereocenters. The molecule has 1 aromatic rings. The summed E-state index contributed by atoms with van der Waals surface area (Å²) >= 11 is 0. The Morgan fingerprint density at radius 2 is 1.65 bits per heavy atom. The van der Waals surface area contributed by atoms with Gasteiger partial charge in [0.25, 0.3) is 0 Å². The molecule has 6 heteroatoms. The molecule has 0 unspecified atom stereocenters. The highest BCUT2D eigenvalue weighted by Gasteiger charge is 2.23. The Morgan fingerprint density at radius 3 is 2.06 bits per heavy atom. The van der Waals surface area contributed by atoms with Crippen LogP contribution >= 0.6 is 0 Å². The summed E-state index contributed by atoms with van der Waals surface area (Å²) < 4.78 is 19.9. The first-order valence-electron chi connectivity index (χ1n) is 4.77. The van der Waals surface area contributed by atoms with Crippen molar-refractivity contribution in [3.8, 4) is 17.2 Å². The standard InChI is InChI=1S/C11H15NO5/c1-14-6-5-7(15-2)10(16-3)9(12)8(6)11(13)17-4/h5H,12H2,1-4H3. The molecule has 6 nitrogen and oxygen atoms in total. The number of hydrogen-bond acceptors (Lipinski definition) is 6. The van der Waals surface area contributed by atoms with Crippen LogP contribution in [0, 0.1) is 0 Å². The fourth-order valence-electron chi connectivity index (χ4n) is 1.47. The second-order valence-corrected chi connectivity index (χ2v) is 3.09. The summed E-state index contributed by atoms with van der Waals surface area (Å²) in [5.74, 6) is 0.329. The molecule has 0 saturated heterocycles. The lowest BCUT2D eigenvalue weighted by Crippen LogP contribution is -2.10.